The van der Waals surface area contributed by atoms with Crippen LogP contribution in [-0.2, 0) is 20.8 Å². The van der Waals surface area contributed by atoms with E-state index >= 15 is 0 Å². The molecule has 0 aromatic heterocycles. The molecule has 2 aliphatic rings. The highest BCUT2D eigenvalue weighted by Gasteiger charge is 2.43. The zero-order valence-electron chi connectivity index (χ0n) is 16.1. The maximum atomic E-state index is 11.7. The molecular weight excluding hydrogens is 332 g/mol. The van der Waals surface area contributed by atoms with Crippen molar-refractivity contribution < 1.29 is 19.0 Å². The summed E-state index contributed by atoms with van der Waals surface area (Å²) in [6.45, 7) is 3.74. The molecule has 2 heterocycles. The molecule has 1 spiro atoms. The highest BCUT2D eigenvalue weighted by molar-refractivity contribution is 5.76. The summed E-state index contributed by atoms with van der Waals surface area (Å²) in [6, 6.07) is 8.28. The molecule has 1 atom stereocenters. The van der Waals surface area contributed by atoms with E-state index in [9.17, 15) is 4.79 Å². The molecule has 1 unspecified atom stereocenters. The van der Waals surface area contributed by atoms with Gasteiger partial charge in [-0.1, -0.05) is 12.1 Å². The normalized spacial score (nSPS) is 22.5. The molecule has 0 N–H and O–H groups in total. The predicted octanol–water partition coefficient (Wildman–Crippen LogP) is 1.92. The molecule has 0 saturated carbocycles. The Bertz CT molecular complexity index is 594. The van der Waals surface area contributed by atoms with Crippen molar-refractivity contribution in [3.05, 3.63) is 29.8 Å². The number of carbonyl (C=O) groups is 1. The Morgan fingerprint density at radius 1 is 1.27 bits per heavy atom. The smallest absolute Gasteiger partial charge is 0.248 e. The minimum atomic E-state index is -0.0672. The molecule has 3 rings (SSSR count). The summed E-state index contributed by atoms with van der Waals surface area (Å²) in [5.74, 6) is 0.893. The van der Waals surface area contributed by atoms with Crippen molar-refractivity contribution in [1.29, 1.82) is 0 Å². The quantitative estimate of drug-likeness (QED) is 0.774. The minimum absolute atomic E-state index is 0.000242. The molecule has 6 nitrogen and oxygen atoms in total. The maximum absolute atomic E-state index is 11.7. The van der Waals surface area contributed by atoms with Crippen molar-refractivity contribution in [1.82, 2.24) is 9.80 Å². The Kier molecular flexibility index (Phi) is 6.16. The SMILES string of the molecule is COc1ccc(CN2CCC3(CC2)CC(OCC(=O)N(C)C)CO3)cc1. The average Bonchev–Trinajstić information content (AvgIpc) is 3.05. The summed E-state index contributed by atoms with van der Waals surface area (Å²) in [5.41, 5.74) is 1.24. The molecule has 144 valence electrons. The number of nitrogens with zero attached hydrogens (tertiary/aromatic N) is 2. The van der Waals surface area contributed by atoms with Crippen LogP contribution >= 0.6 is 0 Å². The first-order chi connectivity index (χ1) is 12.5. The number of amides is 1. The third-order valence-corrected chi connectivity index (χ3v) is 5.45. The Morgan fingerprint density at radius 2 is 1.96 bits per heavy atom. The Hall–Kier alpha value is -1.63. The molecule has 1 aromatic carbocycles. The number of likely N-dealkylation sites (tertiary alicyclic amines) is 1. The lowest BCUT2D eigenvalue weighted by atomic mass is 9.88. The van der Waals surface area contributed by atoms with Crippen molar-refractivity contribution in [3.8, 4) is 5.75 Å². The zero-order chi connectivity index (χ0) is 18.6. The summed E-state index contributed by atoms with van der Waals surface area (Å²) < 4.78 is 17.1. The summed E-state index contributed by atoms with van der Waals surface area (Å²) in [7, 11) is 5.18. The number of carbonyl (C=O) groups excluding carboxylic acids is 1. The largest absolute Gasteiger partial charge is 0.497 e. The molecule has 2 aliphatic heterocycles. The van der Waals surface area contributed by atoms with Crippen LogP contribution in [0.2, 0.25) is 0 Å². The first kappa shape index (κ1) is 19.1. The van der Waals surface area contributed by atoms with Crippen LogP contribution in [0.3, 0.4) is 0 Å². The fourth-order valence-corrected chi connectivity index (χ4v) is 3.68. The average molecular weight is 362 g/mol. The van der Waals surface area contributed by atoms with E-state index in [0.717, 1.165) is 44.6 Å². The summed E-state index contributed by atoms with van der Waals surface area (Å²) in [4.78, 5) is 15.7. The number of benzene rings is 1. The molecule has 26 heavy (non-hydrogen) atoms. The van der Waals surface area contributed by atoms with Gasteiger partial charge in [-0.3, -0.25) is 9.69 Å². The van der Waals surface area contributed by atoms with Crippen molar-refractivity contribution >= 4 is 5.91 Å². The van der Waals surface area contributed by atoms with Gasteiger partial charge in [-0.2, -0.15) is 0 Å². The lowest BCUT2D eigenvalue weighted by molar-refractivity contribution is -0.135. The van der Waals surface area contributed by atoms with Crippen molar-refractivity contribution in [2.75, 3.05) is 47.5 Å². The lowest BCUT2D eigenvalue weighted by Crippen LogP contribution is -2.44. The molecule has 2 saturated heterocycles. The number of hydrogen-bond donors (Lipinski definition) is 0. The van der Waals surface area contributed by atoms with E-state index in [0.29, 0.717) is 6.61 Å². The first-order valence-corrected chi connectivity index (χ1v) is 9.31. The third kappa shape index (κ3) is 4.75. The van der Waals surface area contributed by atoms with Gasteiger partial charge in [-0.25, -0.2) is 0 Å². The van der Waals surface area contributed by atoms with Crippen LogP contribution in [0.1, 0.15) is 24.8 Å². The van der Waals surface area contributed by atoms with E-state index in [2.05, 4.69) is 17.0 Å². The van der Waals surface area contributed by atoms with Gasteiger partial charge in [-0.15, -0.1) is 0 Å². The van der Waals surface area contributed by atoms with Crippen LogP contribution in [0, 0.1) is 0 Å². The second-order valence-electron chi connectivity index (χ2n) is 7.54. The molecule has 0 bridgehead atoms. The molecule has 2 fully saturated rings. The molecule has 1 aromatic rings. The fourth-order valence-electron chi connectivity index (χ4n) is 3.68. The van der Waals surface area contributed by atoms with Crippen LogP contribution in [0.25, 0.3) is 0 Å². The van der Waals surface area contributed by atoms with Crippen LogP contribution in [0.4, 0.5) is 0 Å². The standard InChI is InChI=1S/C20H30N2O4/c1-21(2)19(23)15-25-18-12-20(26-14-18)8-10-22(11-9-20)13-16-4-6-17(24-3)7-5-16/h4-7,18H,8-15H2,1-3H3. The van der Waals surface area contributed by atoms with E-state index in [1.54, 1.807) is 26.1 Å². The molecular formula is C20H30N2O4. The second-order valence-corrected chi connectivity index (χ2v) is 7.54. The Balaban J connectivity index is 1.43. The van der Waals surface area contributed by atoms with Crippen LogP contribution < -0.4 is 4.74 Å². The summed E-state index contributed by atoms with van der Waals surface area (Å²) in [5, 5.41) is 0. The van der Waals surface area contributed by atoms with Crippen LogP contribution in [0.5, 0.6) is 5.75 Å². The molecule has 0 aliphatic carbocycles. The van der Waals surface area contributed by atoms with Crippen molar-refractivity contribution in [2.24, 2.45) is 0 Å². The number of likely N-dealkylation sites (N-methyl/N-ethyl adjacent to an activating group) is 1. The van der Waals surface area contributed by atoms with E-state index in [1.165, 1.54) is 5.56 Å². The number of ether oxygens (including phenoxy) is 3. The number of methoxy groups -OCH3 is 1. The zero-order valence-corrected chi connectivity index (χ0v) is 16.1. The van der Waals surface area contributed by atoms with Crippen molar-refractivity contribution in [3.63, 3.8) is 0 Å². The van der Waals surface area contributed by atoms with E-state index in [4.69, 9.17) is 14.2 Å². The number of piperidine rings is 1. The van der Waals surface area contributed by atoms with Gasteiger partial charge in [0.1, 0.15) is 12.4 Å². The highest BCUT2D eigenvalue weighted by atomic mass is 16.6. The van der Waals surface area contributed by atoms with Crippen molar-refractivity contribution in [2.45, 2.75) is 37.5 Å². The topological polar surface area (TPSA) is 51.2 Å². The van der Waals surface area contributed by atoms with Gasteiger partial charge >= 0.3 is 0 Å². The molecule has 1 amide bonds. The van der Waals surface area contributed by atoms with Gasteiger partial charge in [0, 0.05) is 40.2 Å². The van der Waals surface area contributed by atoms with Gasteiger partial charge < -0.3 is 19.1 Å². The maximum Gasteiger partial charge on any atom is 0.248 e. The molecule has 0 radical (unpaired) electrons. The first-order valence-electron chi connectivity index (χ1n) is 9.31. The minimum Gasteiger partial charge on any atom is -0.497 e. The van der Waals surface area contributed by atoms with Gasteiger partial charge in [0.05, 0.1) is 25.4 Å². The van der Waals surface area contributed by atoms with Gasteiger partial charge in [0.2, 0.25) is 5.91 Å². The Labute approximate surface area is 156 Å². The molecule has 6 heteroatoms. The summed E-state index contributed by atoms with van der Waals surface area (Å²) in [6.07, 6.45) is 2.96. The van der Waals surface area contributed by atoms with E-state index < -0.39 is 0 Å². The second kappa shape index (κ2) is 8.37. The fraction of sp³-hybridized carbons (Fsp3) is 0.650. The third-order valence-electron chi connectivity index (χ3n) is 5.45. The Morgan fingerprint density at radius 3 is 2.58 bits per heavy atom. The van der Waals surface area contributed by atoms with Gasteiger partial charge in [-0.05, 0) is 30.5 Å². The van der Waals surface area contributed by atoms with E-state index in [-0.39, 0.29) is 24.2 Å². The predicted molar refractivity (Wildman–Crippen MR) is 99.2 cm³/mol. The van der Waals surface area contributed by atoms with Crippen LogP contribution in [0.15, 0.2) is 24.3 Å². The summed E-state index contributed by atoms with van der Waals surface area (Å²) >= 11 is 0. The van der Waals surface area contributed by atoms with Gasteiger partial charge in [0.25, 0.3) is 0 Å². The highest BCUT2D eigenvalue weighted by Crippen LogP contribution is 2.37. The van der Waals surface area contributed by atoms with Gasteiger partial charge in [0.15, 0.2) is 0 Å². The number of rotatable bonds is 6. The van der Waals surface area contributed by atoms with E-state index in [1.807, 2.05) is 12.1 Å². The number of hydrogen-bond acceptors (Lipinski definition) is 5. The van der Waals surface area contributed by atoms with Crippen LogP contribution in [-0.4, -0.2) is 74.9 Å². The lowest BCUT2D eigenvalue weighted by Gasteiger charge is -2.38. The monoisotopic (exact) mass is 362 g/mol.